The third-order valence-corrected chi connectivity index (χ3v) is 3.58. The van der Waals surface area contributed by atoms with Crippen molar-refractivity contribution in [2.75, 3.05) is 36.5 Å². The highest BCUT2D eigenvalue weighted by Crippen LogP contribution is 2.15. The normalized spacial score (nSPS) is 14.7. The van der Waals surface area contributed by atoms with Gasteiger partial charge in [0.1, 0.15) is 11.5 Å². The largest absolute Gasteiger partial charge is 0.378 e. The third-order valence-electron chi connectivity index (χ3n) is 3.58. The Kier molecular flexibility index (Phi) is 4.34. The SMILES string of the molecule is Cc1cccc(NC(=O)c2cccc(N3CCOCC3)n2)c1. The van der Waals surface area contributed by atoms with Gasteiger partial charge in [0.2, 0.25) is 0 Å². The van der Waals surface area contributed by atoms with Gasteiger partial charge in [-0.05, 0) is 36.8 Å². The topological polar surface area (TPSA) is 54.5 Å². The number of hydrogen-bond acceptors (Lipinski definition) is 4. The molecule has 1 fully saturated rings. The van der Waals surface area contributed by atoms with Gasteiger partial charge in [-0.3, -0.25) is 4.79 Å². The zero-order valence-electron chi connectivity index (χ0n) is 12.6. The lowest BCUT2D eigenvalue weighted by Crippen LogP contribution is -2.37. The molecular weight excluding hydrogens is 278 g/mol. The number of aryl methyl sites for hydroxylation is 1. The maximum atomic E-state index is 12.3. The van der Waals surface area contributed by atoms with Crippen LogP contribution < -0.4 is 10.2 Å². The number of benzene rings is 1. The molecular formula is C17H19N3O2. The van der Waals surface area contributed by atoms with Crippen LogP contribution in [-0.4, -0.2) is 37.2 Å². The van der Waals surface area contributed by atoms with Gasteiger partial charge in [0, 0.05) is 18.8 Å². The monoisotopic (exact) mass is 297 g/mol. The summed E-state index contributed by atoms with van der Waals surface area (Å²) in [4.78, 5) is 18.9. The van der Waals surface area contributed by atoms with Crippen molar-refractivity contribution < 1.29 is 9.53 Å². The van der Waals surface area contributed by atoms with Crippen LogP contribution in [0.25, 0.3) is 0 Å². The fraction of sp³-hybridized carbons (Fsp3) is 0.294. The Balaban J connectivity index is 1.75. The highest BCUT2D eigenvalue weighted by molar-refractivity contribution is 6.03. The Labute approximate surface area is 129 Å². The van der Waals surface area contributed by atoms with E-state index in [-0.39, 0.29) is 5.91 Å². The Bertz CT molecular complexity index is 666. The molecule has 0 atom stereocenters. The summed E-state index contributed by atoms with van der Waals surface area (Å²) in [5.74, 6) is 0.626. The van der Waals surface area contributed by atoms with Crippen molar-refractivity contribution in [2.24, 2.45) is 0 Å². The standard InChI is InChI=1S/C17H19N3O2/c1-13-4-2-5-14(12-13)18-17(21)15-6-3-7-16(19-15)20-8-10-22-11-9-20/h2-7,12H,8-11H2,1H3,(H,18,21). The van der Waals surface area contributed by atoms with Gasteiger partial charge in [0.25, 0.3) is 5.91 Å². The number of carbonyl (C=O) groups is 1. The first-order valence-corrected chi connectivity index (χ1v) is 7.40. The highest BCUT2D eigenvalue weighted by atomic mass is 16.5. The molecule has 0 unspecified atom stereocenters. The molecule has 0 aliphatic carbocycles. The van der Waals surface area contributed by atoms with Crippen LogP contribution in [0.5, 0.6) is 0 Å². The van der Waals surface area contributed by atoms with E-state index in [1.807, 2.05) is 43.3 Å². The minimum Gasteiger partial charge on any atom is -0.378 e. The molecule has 3 rings (SSSR count). The average molecular weight is 297 g/mol. The van der Waals surface area contributed by atoms with Crippen LogP contribution in [0.2, 0.25) is 0 Å². The van der Waals surface area contributed by atoms with Crippen molar-refractivity contribution in [3.8, 4) is 0 Å². The minimum absolute atomic E-state index is 0.194. The summed E-state index contributed by atoms with van der Waals surface area (Å²) in [7, 11) is 0. The second-order valence-corrected chi connectivity index (χ2v) is 5.30. The van der Waals surface area contributed by atoms with Crippen molar-refractivity contribution in [3.63, 3.8) is 0 Å². The lowest BCUT2D eigenvalue weighted by Gasteiger charge is -2.27. The fourth-order valence-electron chi connectivity index (χ4n) is 2.44. The van der Waals surface area contributed by atoms with E-state index >= 15 is 0 Å². The maximum Gasteiger partial charge on any atom is 0.274 e. The van der Waals surface area contributed by atoms with E-state index in [2.05, 4.69) is 15.2 Å². The Hall–Kier alpha value is -2.40. The number of hydrogen-bond donors (Lipinski definition) is 1. The van der Waals surface area contributed by atoms with Gasteiger partial charge < -0.3 is 15.0 Å². The van der Waals surface area contributed by atoms with E-state index < -0.39 is 0 Å². The second kappa shape index (κ2) is 6.58. The lowest BCUT2D eigenvalue weighted by atomic mass is 10.2. The van der Waals surface area contributed by atoms with Gasteiger partial charge in [0.05, 0.1) is 13.2 Å². The number of anilines is 2. The van der Waals surface area contributed by atoms with Crippen molar-refractivity contribution in [3.05, 3.63) is 53.7 Å². The molecule has 0 spiro atoms. The predicted molar refractivity (Wildman–Crippen MR) is 86.4 cm³/mol. The molecule has 1 saturated heterocycles. The molecule has 0 bridgehead atoms. The third kappa shape index (κ3) is 3.43. The average Bonchev–Trinajstić information content (AvgIpc) is 2.56. The van der Waals surface area contributed by atoms with Crippen LogP contribution in [-0.2, 0) is 4.74 Å². The van der Waals surface area contributed by atoms with Gasteiger partial charge in [0.15, 0.2) is 0 Å². The number of amides is 1. The number of morpholine rings is 1. The number of pyridine rings is 1. The smallest absolute Gasteiger partial charge is 0.274 e. The first-order chi connectivity index (χ1) is 10.7. The Morgan fingerprint density at radius 1 is 1.18 bits per heavy atom. The molecule has 0 saturated carbocycles. The number of aromatic nitrogens is 1. The molecule has 1 aliphatic rings. The van der Waals surface area contributed by atoms with Gasteiger partial charge in [-0.2, -0.15) is 0 Å². The zero-order valence-corrected chi connectivity index (χ0v) is 12.6. The van der Waals surface area contributed by atoms with Crippen molar-refractivity contribution in [2.45, 2.75) is 6.92 Å². The molecule has 1 N–H and O–H groups in total. The van der Waals surface area contributed by atoms with E-state index in [1.54, 1.807) is 6.07 Å². The van der Waals surface area contributed by atoms with Gasteiger partial charge in [-0.15, -0.1) is 0 Å². The summed E-state index contributed by atoms with van der Waals surface area (Å²) in [6, 6.07) is 13.2. The van der Waals surface area contributed by atoms with E-state index in [0.29, 0.717) is 18.9 Å². The number of nitrogens with zero attached hydrogens (tertiary/aromatic N) is 2. The summed E-state index contributed by atoms with van der Waals surface area (Å²) >= 11 is 0. The van der Waals surface area contributed by atoms with Crippen molar-refractivity contribution >= 4 is 17.4 Å². The molecule has 2 heterocycles. The number of nitrogens with one attached hydrogen (secondary N) is 1. The first kappa shape index (κ1) is 14.5. The summed E-state index contributed by atoms with van der Waals surface area (Å²) in [5.41, 5.74) is 2.31. The Morgan fingerprint density at radius 2 is 1.95 bits per heavy atom. The number of carbonyl (C=O) groups excluding carboxylic acids is 1. The van der Waals surface area contributed by atoms with E-state index in [4.69, 9.17) is 4.74 Å². The first-order valence-electron chi connectivity index (χ1n) is 7.40. The van der Waals surface area contributed by atoms with Crippen LogP contribution in [0.1, 0.15) is 16.1 Å². The van der Waals surface area contributed by atoms with E-state index in [1.165, 1.54) is 0 Å². The quantitative estimate of drug-likeness (QED) is 0.945. The van der Waals surface area contributed by atoms with Crippen LogP contribution in [0.4, 0.5) is 11.5 Å². The van der Waals surface area contributed by atoms with Gasteiger partial charge >= 0.3 is 0 Å². The summed E-state index contributed by atoms with van der Waals surface area (Å²) in [5, 5.41) is 2.88. The van der Waals surface area contributed by atoms with Crippen LogP contribution >= 0.6 is 0 Å². The van der Waals surface area contributed by atoms with Crippen LogP contribution in [0, 0.1) is 6.92 Å². The number of ether oxygens (including phenoxy) is 1. The molecule has 1 aromatic heterocycles. The maximum absolute atomic E-state index is 12.3. The summed E-state index contributed by atoms with van der Waals surface area (Å²) in [6.07, 6.45) is 0. The lowest BCUT2D eigenvalue weighted by molar-refractivity contribution is 0.102. The minimum atomic E-state index is -0.194. The molecule has 5 heteroatoms. The van der Waals surface area contributed by atoms with Crippen LogP contribution in [0.15, 0.2) is 42.5 Å². The Morgan fingerprint density at radius 3 is 2.73 bits per heavy atom. The summed E-state index contributed by atoms with van der Waals surface area (Å²) in [6.45, 7) is 4.99. The van der Waals surface area contributed by atoms with Gasteiger partial charge in [-0.1, -0.05) is 18.2 Å². The molecule has 1 aromatic carbocycles. The number of rotatable bonds is 3. The predicted octanol–water partition coefficient (Wildman–Crippen LogP) is 2.48. The van der Waals surface area contributed by atoms with Crippen LogP contribution in [0.3, 0.4) is 0 Å². The molecule has 5 nitrogen and oxygen atoms in total. The molecule has 2 aromatic rings. The van der Waals surface area contributed by atoms with Gasteiger partial charge in [-0.25, -0.2) is 4.98 Å². The van der Waals surface area contributed by atoms with Crippen molar-refractivity contribution in [1.29, 1.82) is 0 Å². The molecule has 114 valence electrons. The molecule has 0 radical (unpaired) electrons. The summed E-state index contributed by atoms with van der Waals surface area (Å²) < 4.78 is 5.34. The molecule has 22 heavy (non-hydrogen) atoms. The van der Waals surface area contributed by atoms with Crippen molar-refractivity contribution in [1.82, 2.24) is 4.98 Å². The molecule has 1 aliphatic heterocycles. The highest BCUT2D eigenvalue weighted by Gasteiger charge is 2.15. The van der Waals surface area contributed by atoms with E-state index in [9.17, 15) is 4.79 Å². The fourth-order valence-corrected chi connectivity index (χ4v) is 2.44. The van der Waals surface area contributed by atoms with E-state index in [0.717, 1.165) is 30.2 Å². The second-order valence-electron chi connectivity index (χ2n) is 5.30. The molecule has 1 amide bonds. The zero-order chi connectivity index (χ0) is 15.4.